The Morgan fingerprint density at radius 1 is 0.632 bits per heavy atom. The lowest BCUT2D eigenvalue weighted by Gasteiger charge is -2.41. The van der Waals surface area contributed by atoms with E-state index in [2.05, 4.69) is 0 Å². The van der Waals surface area contributed by atoms with Crippen molar-refractivity contribution in [3.05, 3.63) is 52.6 Å². The van der Waals surface area contributed by atoms with E-state index in [1.54, 1.807) is 0 Å². The SMILES string of the molecule is O=C(O)c1cc(O)c(O)c(Oc2c(O)c(O)c(O)c3c2C(=O)OC2C(COC(=O)c4cc(O)c(O)c(O)c4-3)OC(O)C(OC(=O)c3cc(O)c(O)c(O)c3)C2O)c1. The van der Waals surface area contributed by atoms with Crippen molar-refractivity contribution in [3.63, 3.8) is 0 Å². The van der Waals surface area contributed by atoms with Gasteiger partial charge in [0.05, 0.1) is 22.3 Å². The minimum absolute atomic E-state index is 0.446. The molecule has 4 aromatic rings. The standard InChI is InChI=1S/C34H26O23/c35-10-2-8(3-11(36)19(10)39)31(49)57-29-26(46)27-15(55-34(29)52)6-53-32(50)9-5-13(38)21(41)22(42)16(9)17-18(33(51)56-27)28(25(45)24(44)23(17)43)54-14-4-7(30(47)48)1-12(37)20(14)40/h1-5,15,26-27,29,34-46,52H,6H2,(H,47,48). The number of phenols is 11. The van der Waals surface area contributed by atoms with Crippen molar-refractivity contribution in [2.75, 3.05) is 6.61 Å². The third-order valence-electron chi connectivity index (χ3n) is 8.62. The highest BCUT2D eigenvalue weighted by Crippen LogP contribution is 2.58. The molecule has 6 rings (SSSR count). The molecule has 2 aliphatic rings. The van der Waals surface area contributed by atoms with Gasteiger partial charge in [0.25, 0.3) is 0 Å². The highest BCUT2D eigenvalue weighted by molar-refractivity contribution is 6.10. The Labute approximate surface area is 314 Å². The van der Waals surface area contributed by atoms with Gasteiger partial charge in [-0.1, -0.05) is 0 Å². The molecule has 57 heavy (non-hydrogen) atoms. The molecule has 2 aliphatic heterocycles. The molecular weight excluding hydrogens is 776 g/mol. The molecule has 23 nitrogen and oxygen atoms in total. The average Bonchev–Trinajstić information content (AvgIpc) is 3.17. The topological polar surface area (TPSA) is 398 Å². The van der Waals surface area contributed by atoms with Crippen molar-refractivity contribution in [1.29, 1.82) is 0 Å². The zero-order chi connectivity index (χ0) is 41.9. The van der Waals surface area contributed by atoms with E-state index in [1.165, 1.54) is 0 Å². The molecule has 5 unspecified atom stereocenters. The summed E-state index contributed by atoms with van der Waals surface area (Å²) >= 11 is 0. The van der Waals surface area contributed by atoms with Crippen LogP contribution in [-0.4, -0.2) is 133 Å². The molecule has 1 saturated heterocycles. The van der Waals surface area contributed by atoms with Gasteiger partial charge in [-0.05, 0) is 30.3 Å². The van der Waals surface area contributed by atoms with Gasteiger partial charge >= 0.3 is 23.9 Å². The summed E-state index contributed by atoms with van der Waals surface area (Å²) in [6.07, 6.45) is -11.2. The molecule has 0 bridgehead atoms. The molecule has 0 aromatic heterocycles. The van der Waals surface area contributed by atoms with Crippen LogP contribution in [0.4, 0.5) is 0 Å². The second-order valence-electron chi connectivity index (χ2n) is 12.1. The lowest BCUT2D eigenvalue weighted by atomic mass is 9.91. The van der Waals surface area contributed by atoms with E-state index < -0.39 is 169 Å². The third-order valence-corrected chi connectivity index (χ3v) is 8.62. The fourth-order valence-corrected chi connectivity index (χ4v) is 5.84. The van der Waals surface area contributed by atoms with Gasteiger partial charge in [0, 0.05) is 5.56 Å². The third kappa shape index (κ3) is 6.58. The fourth-order valence-electron chi connectivity index (χ4n) is 5.84. The molecule has 0 radical (unpaired) electrons. The molecule has 14 N–H and O–H groups in total. The summed E-state index contributed by atoms with van der Waals surface area (Å²) in [6.45, 7) is -1.09. The Bertz CT molecular complexity index is 2360. The van der Waals surface area contributed by atoms with Crippen LogP contribution in [0.2, 0.25) is 0 Å². The normalized spacial score (nSPS) is 20.4. The molecule has 2 heterocycles. The van der Waals surface area contributed by atoms with Crippen LogP contribution in [0.1, 0.15) is 41.4 Å². The predicted octanol–water partition coefficient (Wildman–Crippen LogP) is 0.605. The molecule has 0 amide bonds. The summed E-state index contributed by atoms with van der Waals surface area (Å²) < 4.78 is 26.4. The average molecular weight is 803 g/mol. The van der Waals surface area contributed by atoms with Crippen LogP contribution < -0.4 is 4.74 Å². The first-order valence-electron chi connectivity index (χ1n) is 15.6. The van der Waals surface area contributed by atoms with E-state index in [-0.39, 0.29) is 0 Å². The number of fused-ring (bicyclic) bond motifs is 4. The summed E-state index contributed by atoms with van der Waals surface area (Å²) in [7, 11) is 0. The number of benzene rings is 4. The van der Waals surface area contributed by atoms with Gasteiger partial charge in [0.2, 0.25) is 23.0 Å². The number of aromatic hydroxyl groups is 11. The first-order valence-corrected chi connectivity index (χ1v) is 15.6. The van der Waals surface area contributed by atoms with Gasteiger partial charge in [0.15, 0.2) is 70.2 Å². The maximum Gasteiger partial charge on any atom is 0.343 e. The summed E-state index contributed by atoms with van der Waals surface area (Å²) in [5.41, 5.74) is -6.26. The number of phenolic OH excluding ortho intramolecular Hbond substituents is 11. The number of carboxylic acids is 1. The van der Waals surface area contributed by atoms with Crippen molar-refractivity contribution >= 4 is 23.9 Å². The quantitative estimate of drug-likeness (QED) is 0.0746. The number of hydrogen-bond acceptors (Lipinski definition) is 22. The maximum absolute atomic E-state index is 14.3. The fraction of sp³-hybridized carbons (Fsp3) is 0.176. The van der Waals surface area contributed by atoms with Crippen LogP contribution in [0, 0.1) is 0 Å². The second-order valence-corrected chi connectivity index (χ2v) is 12.1. The summed E-state index contributed by atoms with van der Waals surface area (Å²) in [5.74, 6) is -23.5. The summed E-state index contributed by atoms with van der Waals surface area (Å²) in [6, 6.07) is 2.78. The van der Waals surface area contributed by atoms with E-state index >= 15 is 0 Å². The van der Waals surface area contributed by atoms with E-state index in [0.717, 1.165) is 0 Å². The number of carbonyl (C=O) groups excluding carboxylic acids is 3. The number of ether oxygens (including phenoxy) is 5. The van der Waals surface area contributed by atoms with Gasteiger partial charge in [-0.25, -0.2) is 19.2 Å². The number of cyclic esters (lactones) is 1. The van der Waals surface area contributed by atoms with Crippen LogP contribution >= 0.6 is 0 Å². The van der Waals surface area contributed by atoms with E-state index in [0.29, 0.717) is 30.3 Å². The van der Waals surface area contributed by atoms with Crippen LogP contribution in [-0.2, 0) is 18.9 Å². The molecule has 23 heteroatoms. The first-order chi connectivity index (χ1) is 26.7. The Kier molecular flexibility index (Phi) is 9.67. The molecule has 0 aliphatic carbocycles. The molecular formula is C34H26O23. The van der Waals surface area contributed by atoms with Crippen molar-refractivity contribution in [2.45, 2.75) is 30.7 Å². The van der Waals surface area contributed by atoms with E-state index in [4.69, 9.17) is 23.7 Å². The maximum atomic E-state index is 14.3. The van der Waals surface area contributed by atoms with Crippen LogP contribution in [0.25, 0.3) is 11.1 Å². The van der Waals surface area contributed by atoms with Crippen molar-refractivity contribution < 1.29 is 114 Å². The minimum atomic E-state index is -2.41. The number of aliphatic hydroxyl groups excluding tert-OH is 2. The van der Waals surface area contributed by atoms with E-state index in [9.17, 15) is 90.7 Å². The van der Waals surface area contributed by atoms with Gasteiger partial charge in [-0.2, -0.15) is 0 Å². The zero-order valence-electron chi connectivity index (χ0n) is 27.9. The van der Waals surface area contributed by atoms with Crippen LogP contribution in [0.15, 0.2) is 30.3 Å². The molecule has 0 spiro atoms. The summed E-state index contributed by atoms with van der Waals surface area (Å²) in [5, 5.41) is 146. The lowest BCUT2D eigenvalue weighted by molar-refractivity contribution is -0.284. The first kappa shape index (κ1) is 38.9. The molecule has 300 valence electrons. The number of aliphatic hydroxyl groups is 2. The molecule has 4 aromatic carbocycles. The van der Waals surface area contributed by atoms with Gasteiger partial charge < -0.3 is 95.2 Å². The molecule has 5 atom stereocenters. The van der Waals surface area contributed by atoms with Gasteiger partial charge in [-0.15, -0.1) is 0 Å². The second kappa shape index (κ2) is 14.1. The molecule has 1 fully saturated rings. The number of aromatic carboxylic acids is 1. The number of hydrogen-bond donors (Lipinski definition) is 14. The largest absolute Gasteiger partial charge is 0.504 e. The van der Waals surface area contributed by atoms with E-state index in [1.807, 2.05) is 0 Å². The Morgan fingerprint density at radius 3 is 1.84 bits per heavy atom. The van der Waals surface area contributed by atoms with Gasteiger partial charge in [0.1, 0.15) is 24.4 Å². The highest BCUT2D eigenvalue weighted by atomic mass is 16.7. The monoisotopic (exact) mass is 802 g/mol. The van der Waals surface area contributed by atoms with Crippen LogP contribution in [0.5, 0.6) is 74.7 Å². The Morgan fingerprint density at radius 2 is 1.21 bits per heavy atom. The minimum Gasteiger partial charge on any atom is -0.504 e. The zero-order valence-corrected chi connectivity index (χ0v) is 27.9. The number of carbonyl (C=O) groups is 4. The van der Waals surface area contributed by atoms with Crippen molar-refractivity contribution in [1.82, 2.24) is 0 Å². The van der Waals surface area contributed by atoms with Crippen molar-refractivity contribution in [3.8, 4) is 85.9 Å². The van der Waals surface area contributed by atoms with Gasteiger partial charge in [-0.3, -0.25) is 0 Å². The predicted molar refractivity (Wildman–Crippen MR) is 176 cm³/mol. The Balaban J connectivity index is 1.55. The lowest BCUT2D eigenvalue weighted by Crippen LogP contribution is -2.61. The van der Waals surface area contributed by atoms with Crippen molar-refractivity contribution in [2.24, 2.45) is 0 Å². The number of esters is 3. The molecule has 0 saturated carbocycles. The smallest absolute Gasteiger partial charge is 0.343 e. The van der Waals surface area contributed by atoms with Crippen LogP contribution in [0.3, 0.4) is 0 Å². The highest BCUT2D eigenvalue weighted by Gasteiger charge is 2.51. The summed E-state index contributed by atoms with van der Waals surface area (Å²) in [4.78, 5) is 52.5. The number of rotatable bonds is 5. The Hall–Kier alpha value is -7.76. The number of carboxylic acid groups (broad SMARTS) is 1.